The van der Waals surface area contributed by atoms with E-state index in [2.05, 4.69) is 58.8 Å². The van der Waals surface area contributed by atoms with Crippen molar-refractivity contribution in [3.05, 3.63) is 71.3 Å². The first-order valence-corrected chi connectivity index (χ1v) is 15.2. The second kappa shape index (κ2) is 8.83. The van der Waals surface area contributed by atoms with Crippen molar-refractivity contribution in [3.8, 4) is 11.5 Å². The average Bonchev–Trinajstić information content (AvgIpc) is 3.73. The van der Waals surface area contributed by atoms with Crippen molar-refractivity contribution >= 4 is 5.91 Å². The van der Waals surface area contributed by atoms with E-state index < -0.39 is 5.60 Å². The van der Waals surface area contributed by atoms with Gasteiger partial charge in [-0.25, -0.2) is 0 Å². The number of ether oxygens (including phenoxy) is 3. The van der Waals surface area contributed by atoms with Crippen molar-refractivity contribution < 1.29 is 19.0 Å². The Morgan fingerprint density at radius 3 is 2.75 bits per heavy atom. The highest BCUT2D eigenvalue weighted by Gasteiger charge is 2.80. The number of amides is 1. The predicted molar refractivity (Wildman–Crippen MR) is 153 cm³/mol. The Bertz CT molecular complexity index is 1370. The van der Waals surface area contributed by atoms with Crippen molar-refractivity contribution in [1.82, 2.24) is 10.2 Å². The van der Waals surface area contributed by atoms with Crippen LogP contribution in [0.15, 0.2) is 54.6 Å². The summed E-state index contributed by atoms with van der Waals surface area (Å²) >= 11 is 0. The smallest absolute Gasteiger partial charge is 0.226 e. The van der Waals surface area contributed by atoms with E-state index in [1.807, 2.05) is 6.07 Å². The first-order chi connectivity index (χ1) is 19.6. The highest BCUT2D eigenvalue weighted by Crippen LogP contribution is 2.74. The van der Waals surface area contributed by atoms with Crippen LogP contribution in [0.25, 0.3) is 0 Å². The topological polar surface area (TPSA) is 60.0 Å². The molecular formula is C34H40N2O4. The molecule has 7 aliphatic rings. The second-order valence-electron chi connectivity index (χ2n) is 13.1. The summed E-state index contributed by atoms with van der Waals surface area (Å²) in [6.45, 7) is 2.90. The summed E-state index contributed by atoms with van der Waals surface area (Å²) in [4.78, 5) is 16.9. The van der Waals surface area contributed by atoms with Crippen LogP contribution in [-0.2, 0) is 27.8 Å². The summed E-state index contributed by atoms with van der Waals surface area (Å²) in [6, 6.07) is 15.2. The van der Waals surface area contributed by atoms with Gasteiger partial charge in [0.25, 0.3) is 0 Å². The van der Waals surface area contributed by atoms with Gasteiger partial charge in [0.2, 0.25) is 5.91 Å². The minimum Gasteiger partial charge on any atom is -0.493 e. The van der Waals surface area contributed by atoms with Gasteiger partial charge in [-0.3, -0.25) is 9.69 Å². The van der Waals surface area contributed by atoms with Gasteiger partial charge in [0.05, 0.1) is 18.4 Å². The normalized spacial score (nSPS) is 36.2. The lowest BCUT2D eigenvalue weighted by atomic mass is 9.37. The molecule has 1 amide bonds. The molecule has 1 saturated heterocycles. The molecule has 9 rings (SSSR count). The summed E-state index contributed by atoms with van der Waals surface area (Å²) in [5.41, 5.74) is 2.85. The minimum atomic E-state index is -0.812. The van der Waals surface area contributed by atoms with Crippen LogP contribution in [0.2, 0.25) is 0 Å². The molecule has 5 aliphatic carbocycles. The van der Waals surface area contributed by atoms with Crippen molar-refractivity contribution in [2.75, 3.05) is 33.9 Å². The number of carbonyl (C=O) groups is 1. The molecule has 40 heavy (non-hydrogen) atoms. The Hall–Kier alpha value is -2.83. The maximum Gasteiger partial charge on any atom is 0.226 e. The zero-order chi connectivity index (χ0) is 27.1. The van der Waals surface area contributed by atoms with E-state index in [4.69, 9.17) is 14.2 Å². The van der Waals surface area contributed by atoms with Gasteiger partial charge in [0, 0.05) is 37.2 Å². The number of hydrogen-bond acceptors (Lipinski definition) is 5. The molecule has 2 spiro atoms. The fourth-order valence-corrected chi connectivity index (χ4v) is 9.50. The van der Waals surface area contributed by atoms with Gasteiger partial charge in [-0.15, -0.1) is 0 Å². The van der Waals surface area contributed by atoms with Crippen molar-refractivity contribution in [3.63, 3.8) is 0 Å². The maximum atomic E-state index is 14.1. The van der Waals surface area contributed by atoms with Crippen LogP contribution >= 0.6 is 0 Å². The number of benzene rings is 2. The SMILES string of the molecule is COc1ccc2c3c1OC1[C@@]4(OC)C=C[C@@]5(C[C@@H]4C(=O)NCCCc4ccccc4)[C@@H](C2)N(CC2CC2)CC[C@]315. The third kappa shape index (κ3) is 3.15. The van der Waals surface area contributed by atoms with E-state index in [0.29, 0.717) is 12.6 Å². The number of fused-ring (bicyclic) bond motifs is 1. The zero-order valence-corrected chi connectivity index (χ0v) is 23.7. The average molecular weight is 541 g/mol. The van der Waals surface area contributed by atoms with Crippen LogP contribution in [0.1, 0.15) is 48.8 Å². The van der Waals surface area contributed by atoms with Crippen LogP contribution < -0.4 is 14.8 Å². The molecule has 210 valence electrons. The molecule has 6 nitrogen and oxygen atoms in total. The van der Waals surface area contributed by atoms with Gasteiger partial charge in [-0.05, 0) is 74.6 Å². The zero-order valence-electron chi connectivity index (χ0n) is 23.7. The molecule has 1 N–H and O–H groups in total. The quantitative estimate of drug-likeness (QED) is 0.376. The van der Waals surface area contributed by atoms with Gasteiger partial charge in [0.1, 0.15) is 11.7 Å². The number of nitrogens with one attached hydrogen (secondary N) is 1. The van der Waals surface area contributed by atoms with Crippen molar-refractivity contribution in [1.29, 1.82) is 0 Å². The molecule has 2 saturated carbocycles. The van der Waals surface area contributed by atoms with Crippen LogP contribution in [0, 0.1) is 17.3 Å². The number of likely N-dealkylation sites (tertiary alicyclic amines) is 1. The fraction of sp³-hybridized carbons (Fsp3) is 0.559. The highest BCUT2D eigenvalue weighted by atomic mass is 16.6. The monoisotopic (exact) mass is 540 g/mol. The lowest BCUT2D eigenvalue weighted by Crippen LogP contribution is -2.80. The first-order valence-electron chi connectivity index (χ1n) is 15.2. The number of hydrogen-bond donors (Lipinski definition) is 1. The van der Waals surface area contributed by atoms with Gasteiger partial charge in [0.15, 0.2) is 11.5 Å². The molecule has 0 radical (unpaired) electrons. The minimum absolute atomic E-state index is 0.0950. The molecule has 4 bridgehead atoms. The van der Waals surface area contributed by atoms with E-state index in [1.165, 1.54) is 36.1 Å². The van der Waals surface area contributed by atoms with E-state index in [9.17, 15) is 4.79 Å². The molecule has 2 aromatic carbocycles. The fourth-order valence-electron chi connectivity index (χ4n) is 9.50. The van der Waals surface area contributed by atoms with E-state index >= 15 is 0 Å². The summed E-state index contributed by atoms with van der Waals surface area (Å²) in [5.74, 6) is 2.30. The lowest BCUT2D eigenvalue weighted by Gasteiger charge is -2.71. The molecule has 3 fully saturated rings. The Kier molecular flexibility index (Phi) is 5.50. The Morgan fingerprint density at radius 1 is 1.12 bits per heavy atom. The largest absolute Gasteiger partial charge is 0.493 e. The van der Waals surface area contributed by atoms with Crippen LogP contribution in [-0.4, -0.2) is 62.4 Å². The summed E-state index contributed by atoms with van der Waals surface area (Å²) in [6.07, 6.45) is 11.8. The predicted octanol–water partition coefficient (Wildman–Crippen LogP) is 4.44. The lowest BCUT2D eigenvalue weighted by molar-refractivity contribution is -0.215. The number of piperidine rings is 1. The standard InChI is InChI=1S/C34H40N2O4/c1-38-26-13-12-24-19-27-32-14-15-34(39-2,25(20-32)30(37)35-17-6-9-22-7-4-3-5-8-22)31-33(32,28(24)29(26)40-31)16-18-36(27)21-23-10-11-23/h3-5,7-8,12-15,23,25,27,31H,6,9-11,16-21H2,1-2H3,(H,35,37)/t25-,27-,31?,32-,33+,34-/m1/s1. The molecule has 6 atom stereocenters. The van der Waals surface area contributed by atoms with Gasteiger partial charge < -0.3 is 19.5 Å². The Balaban J connectivity index is 1.17. The molecule has 6 heteroatoms. The molecule has 2 aromatic rings. The van der Waals surface area contributed by atoms with Crippen molar-refractivity contribution in [2.45, 2.75) is 68.1 Å². The third-order valence-electron chi connectivity index (χ3n) is 11.4. The summed E-state index contributed by atoms with van der Waals surface area (Å²) in [5, 5.41) is 3.32. The van der Waals surface area contributed by atoms with E-state index in [1.54, 1.807) is 14.2 Å². The highest BCUT2D eigenvalue weighted by molar-refractivity contribution is 5.82. The third-order valence-corrected chi connectivity index (χ3v) is 11.4. The summed E-state index contributed by atoms with van der Waals surface area (Å²) < 4.78 is 19.3. The van der Waals surface area contributed by atoms with Crippen LogP contribution in [0.5, 0.6) is 11.5 Å². The summed E-state index contributed by atoms with van der Waals surface area (Å²) in [7, 11) is 3.49. The number of rotatable bonds is 9. The van der Waals surface area contributed by atoms with Gasteiger partial charge >= 0.3 is 0 Å². The molecular weight excluding hydrogens is 500 g/mol. The van der Waals surface area contributed by atoms with E-state index in [0.717, 1.165) is 56.1 Å². The Morgan fingerprint density at radius 2 is 1.98 bits per heavy atom. The maximum absolute atomic E-state index is 14.1. The van der Waals surface area contributed by atoms with Crippen molar-refractivity contribution in [2.24, 2.45) is 17.3 Å². The molecule has 0 aromatic heterocycles. The molecule has 1 unspecified atom stereocenters. The Labute approximate surface area is 237 Å². The van der Waals surface area contributed by atoms with E-state index in [-0.39, 0.29) is 28.8 Å². The first kappa shape index (κ1) is 24.9. The number of aryl methyl sites for hydroxylation is 1. The van der Waals surface area contributed by atoms with Crippen LogP contribution in [0.4, 0.5) is 0 Å². The van der Waals surface area contributed by atoms with Crippen LogP contribution in [0.3, 0.4) is 0 Å². The second-order valence-corrected chi connectivity index (χ2v) is 13.1. The van der Waals surface area contributed by atoms with Gasteiger partial charge in [-0.1, -0.05) is 48.6 Å². The van der Waals surface area contributed by atoms with Gasteiger partial charge in [-0.2, -0.15) is 0 Å². The molecule has 2 aliphatic heterocycles. The number of nitrogens with zero attached hydrogens (tertiary/aromatic N) is 1. The number of carbonyl (C=O) groups excluding carboxylic acids is 1. The number of methoxy groups -OCH3 is 2. The molecule has 2 heterocycles.